The van der Waals surface area contributed by atoms with Crippen LogP contribution in [0, 0.1) is 0 Å². The average Bonchev–Trinajstić information content (AvgIpc) is 2.15. The Balaban J connectivity index is 4.75. The van der Waals surface area contributed by atoms with Crippen LogP contribution in [0.1, 0.15) is 32.6 Å². The van der Waals surface area contributed by atoms with Crippen molar-refractivity contribution in [3.05, 3.63) is 0 Å². The molecule has 0 fully saturated rings. The molecule has 0 unspecified atom stereocenters. The molecule has 0 saturated carbocycles. The Hall–Kier alpha value is -0.530. The van der Waals surface area contributed by atoms with Crippen molar-refractivity contribution >= 4 is 0 Å². The molecule has 0 spiro atoms. The molecule has 0 aliphatic heterocycles. The lowest BCUT2D eigenvalue weighted by Crippen LogP contribution is -2.60. The minimum atomic E-state index is -6.31. The third kappa shape index (κ3) is 3.46. The monoisotopic (exact) mass is 269 g/mol. The van der Waals surface area contributed by atoms with Crippen molar-refractivity contribution in [3.63, 3.8) is 0 Å². The molecule has 0 saturated heterocycles. The van der Waals surface area contributed by atoms with Crippen LogP contribution in [0.15, 0.2) is 0 Å². The zero-order chi connectivity index (χ0) is 13.9. The molecule has 0 rings (SSSR count). The second kappa shape index (κ2) is 5.41. The van der Waals surface area contributed by atoms with Gasteiger partial charge in [-0.25, -0.2) is 0 Å². The molecule has 0 aromatic carbocycles. The van der Waals surface area contributed by atoms with E-state index in [2.05, 4.69) is 0 Å². The van der Waals surface area contributed by atoms with Crippen LogP contribution in [-0.2, 0) is 0 Å². The lowest BCUT2D eigenvalue weighted by Gasteiger charge is -2.32. The molecule has 1 nitrogen and oxygen atoms in total. The van der Waals surface area contributed by atoms with E-state index in [1.165, 1.54) is 0 Å². The standard InChI is InChI=1S/C9H14F7N/c1-2-3-4-5-6(17)7(10,11)8(12,13)9(14,15)16/h6H,2-5,17H2,1H3/t6-/m0/s1. The maximum absolute atomic E-state index is 12.9. The highest BCUT2D eigenvalue weighted by atomic mass is 19.4. The first-order chi connectivity index (χ1) is 7.48. The van der Waals surface area contributed by atoms with Crippen LogP contribution in [-0.4, -0.2) is 24.1 Å². The lowest BCUT2D eigenvalue weighted by molar-refractivity contribution is -0.358. The average molecular weight is 269 g/mol. The summed E-state index contributed by atoms with van der Waals surface area (Å²) in [6, 6.07) is -2.51. The van der Waals surface area contributed by atoms with Gasteiger partial charge in [0.05, 0.1) is 6.04 Å². The maximum atomic E-state index is 12.9. The minimum absolute atomic E-state index is 0.0845. The molecule has 1 atom stereocenters. The Labute approximate surface area is 94.2 Å². The molecule has 0 aromatic rings. The van der Waals surface area contributed by atoms with Gasteiger partial charge in [-0.2, -0.15) is 30.7 Å². The largest absolute Gasteiger partial charge is 0.459 e. The summed E-state index contributed by atoms with van der Waals surface area (Å²) in [6.07, 6.45) is -5.73. The van der Waals surface area contributed by atoms with Crippen LogP contribution < -0.4 is 5.73 Å². The SMILES string of the molecule is CCCCC[C@H](N)C(F)(F)C(F)(F)C(F)(F)F. The van der Waals surface area contributed by atoms with Crippen molar-refractivity contribution in [2.45, 2.75) is 56.7 Å². The van der Waals surface area contributed by atoms with Crippen molar-refractivity contribution in [3.8, 4) is 0 Å². The Morgan fingerprint density at radius 2 is 1.41 bits per heavy atom. The van der Waals surface area contributed by atoms with Gasteiger partial charge in [-0.05, 0) is 6.42 Å². The van der Waals surface area contributed by atoms with Crippen LogP contribution in [0.5, 0.6) is 0 Å². The van der Waals surface area contributed by atoms with E-state index in [0.29, 0.717) is 12.8 Å². The summed E-state index contributed by atoms with van der Waals surface area (Å²) >= 11 is 0. The summed E-state index contributed by atoms with van der Waals surface area (Å²) in [6.45, 7) is 1.73. The van der Waals surface area contributed by atoms with Crippen molar-refractivity contribution in [2.75, 3.05) is 0 Å². The normalized spacial score (nSPS) is 16.1. The first-order valence-corrected chi connectivity index (χ1v) is 5.06. The number of hydrogen-bond acceptors (Lipinski definition) is 1. The van der Waals surface area contributed by atoms with E-state index >= 15 is 0 Å². The van der Waals surface area contributed by atoms with Gasteiger partial charge in [0.1, 0.15) is 0 Å². The molecule has 17 heavy (non-hydrogen) atoms. The summed E-state index contributed by atoms with van der Waals surface area (Å²) in [4.78, 5) is 0. The second-order valence-corrected chi connectivity index (χ2v) is 3.80. The lowest BCUT2D eigenvalue weighted by atomic mass is 9.98. The molecule has 0 aromatic heterocycles. The predicted octanol–water partition coefficient (Wildman–Crippen LogP) is 3.73. The maximum Gasteiger partial charge on any atom is 0.459 e. The highest BCUT2D eigenvalue weighted by Crippen LogP contribution is 2.48. The third-order valence-corrected chi connectivity index (χ3v) is 2.36. The van der Waals surface area contributed by atoms with Crippen LogP contribution in [0.3, 0.4) is 0 Å². The summed E-state index contributed by atoms with van der Waals surface area (Å²) < 4.78 is 86.2. The molecule has 2 N–H and O–H groups in total. The van der Waals surface area contributed by atoms with Gasteiger partial charge in [-0.3, -0.25) is 0 Å². The fourth-order valence-electron chi connectivity index (χ4n) is 1.22. The fraction of sp³-hybridized carbons (Fsp3) is 1.00. The molecular weight excluding hydrogens is 255 g/mol. The Bertz CT molecular complexity index is 236. The quantitative estimate of drug-likeness (QED) is 0.577. The molecule has 104 valence electrons. The zero-order valence-electron chi connectivity index (χ0n) is 9.13. The number of hydrogen-bond donors (Lipinski definition) is 1. The topological polar surface area (TPSA) is 26.0 Å². The van der Waals surface area contributed by atoms with E-state index in [-0.39, 0.29) is 6.42 Å². The van der Waals surface area contributed by atoms with Gasteiger partial charge in [-0.1, -0.05) is 26.2 Å². The highest BCUT2D eigenvalue weighted by Gasteiger charge is 2.74. The van der Waals surface area contributed by atoms with E-state index in [1.54, 1.807) is 6.92 Å². The highest BCUT2D eigenvalue weighted by molar-refractivity contribution is 4.97. The van der Waals surface area contributed by atoms with Crippen LogP contribution in [0.25, 0.3) is 0 Å². The van der Waals surface area contributed by atoms with Gasteiger partial charge < -0.3 is 5.73 Å². The summed E-state index contributed by atoms with van der Waals surface area (Å²) in [5.74, 6) is -11.4. The zero-order valence-corrected chi connectivity index (χ0v) is 9.13. The van der Waals surface area contributed by atoms with Crippen molar-refractivity contribution in [2.24, 2.45) is 5.73 Å². The van der Waals surface area contributed by atoms with E-state index in [0.717, 1.165) is 0 Å². The van der Waals surface area contributed by atoms with Gasteiger partial charge in [-0.15, -0.1) is 0 Å². The van der Waals surface area contributed by atoms with Crippen molar-refractivity contribution < 1.29 is 30.7 Å². The van der Waals surface area contributed by atoms with Gasteiger partial charge in [0.15, 0.2) is 0 Å². The van der Waals surface area contributed by atoms with Gasteiger partial charge in [0, 0.05) is 0 Å². The molecule has 0 aliphatic carbocycles. The molecule has 0 radical (unpaired) electrons. The van der Waals surface area contributed by atoms with Crippen molar-refractivity contribution in [1.29, 1.82) is 0 Å². The van der Waals surface area contributed by atoms with Gasteiger partial charge >= 0.3 is 18.0 Å². The molecular formula is C9H14F7N. The molecule has 0 bridgehead atoms. The number of rotatable bonds is 6. The number of unbranched alkanes of at least 4 members (excludes halogenated alkanes) is 2. The second-order valence-electron chi connectivity index (χ2n) is 3.80. The number of halogens is 7. The van der Waals surface area contributed by atoms with Gasteiger partial charge in [0.25, 0.3) is 0 Å². The van der Waals surface area contributed by atoms with E-state index in [9.17, 15) is 30.7 Å². The van der Waals surface area contributed by atoms with Crippen LogP contribution in [0.4, 0.5) is 30.7 Å². The smallest absolute Gasteiger partial charge is 0.322 e. The first-order valence-electron chi connectivity index (χ1n) is 5.06. The fourth-order valence-corrected chi connectivity index (χ4v) is 1.22. The summed E-state index contributed by atoms with van der Waals surface area (Å²) in [5.41, 5.74) is 4.75. The molecule has 0 amide bonds. The third-order valence-electron chi connectivity index (χ3n) is 2.36. The summed E-state index contributed by atoms with van der Waals surface area (Å²) in [7, 11) is 0. The number of alkyl halides is 7. The molecule has 8 heteroatoms. The Morgan fingerprint density at radius 1 is 0.941 bits per heavy atom. The molecule has 0 heterocycles. The van der Waals surface area contributed by atoms with Crippen LogP contribution in [0.2, 0.25) is 0 Å². The Kier molecular flexibility index (Phi) is 5.24. The minimum Gasteiger partial charge on any atom is -0.322 e. The predicted molar refractivity (Wildman–Crippen MR) is 48.1 cm³/mol. The van der Waals surface area contributed by atoms with Gasteiger partial charge in [0.2, 0.25) is 0 Å². The van der Waals surface area contributed by atoms with E-state index in [4.69, 9.17) is 5.73 Å². The molecule has 0 aliphatic rings. The van der Waals surface area contributed by atoms with Crippen LogP contribution >= 0.6 is 0 Å². The number of nitrogens with two attached hydrogens (primary N) is 1. The van der Waals surface area contributed by atoms with E-state index < -0.39 is 30.5 Å². The summed E-state index contributed by atoms with van der Waals surface area (Å²) in [5, 5.41) is 0. The Morgan fingerprint density at radius 3 is 1.76 bits per heavy atom. The first kappa shape index (κ1) is 16.5. The van der Waals surface area contributed by atoms with E-state index in [1.807, 2.05) is 0 Å². The van der Waals surface area contributed by atoms with Crippen molar-refractivity contribution in [1.82, 2.24) is 0 Å².